The van der Waals surface area contributed by atoms with Gasteiger partial charge in [0.1, 0.15) is 6.04 Å². The Morgan fingerprint density at radius 1 is 1.26 bits per heavy atom. The number of aromatic nitrogens is 2. The summed E-state index contributed by atoms with van der Waals surface area (Å²) in [6.07, 6.45) is 1.01. The number of carbonyl (C=O) groups is 2. The Labute approximate surface area is 107 Å². The van der Waals surface area contributed by atoms with Crippen molar-refractivity contribution in [3.05, 3.63) is 30.5 Å². The fourth-order valence-corrected chi connectivity index (χ4v) is 1.67. The quantitative estimate of drug-likeness (QED) is 0.735. The van der Waals surface area contributed by atoms with E-state index in [2.05, 4.69) is 15.5 Å². The van der Waals surface area contributed by atoms with Gasteiger partial charge in [-0.3, -0.25) is 4.79 Å². The summed E-state index contributed by atoms with van der Waals surface area (Å²) in [7, 11) is 0. The normalized spacial score (nSPS) is 12.0. The highest BCUT2D eigenvalue weighted by atomic mass is 16.4. The van der Waals surface area contributed by atoms with Crippen LogP contribution in [-0.2, 0) is 9.59 Å². The number of nitrogens with one attached hydrogen (secondary N) is 1. The maximum absolute atomic E-state index is 11.0. The molecular formula is C12H11N3O4. The second kappa shape index (κ2) is 5.30. The second-order valence-electron chi connectivity index (χ2n) is 3.91. The van der Waals surface area contributed by atoms with Crippen molar-refractivity contribution in [2.24, 2.45) is 0 Å². The number of carboxylic acids is 2. The van der Waals surface area contributed by atoms with Gasteiger partial charge in [-0.2, -0.15) is 5.10 Å². The van der Waals surface area contributed by atoms with Gasteiger partial charge in [-0.15, -0.1) is 5.10 Å². The highest BCUT2D eigenvalue weighted by Crippen LogP contribution is 2.20. The van der Waals surface area contributed by atoms with Crippen molar-refractivity contribution in [2.45, 2.75) is 12.5 Å². The van der Waals surface area contributed by atoms with Gasteiger partial charge in [0.05, 0.1) is 12.6 Å². The summed E-state index contributed by atoms with van der Waals surface area (Å²) in [5, 5.41) is 29.3. The minimum atomic E-state index is -1.25. The van der Waals surface area contributed by atoms with Crippen molar-refractivity contribution in [1.29, 1.82) is 0 Å². The molecule has 1 heterocycles. The van der Waals surface area contributed by atoms with Crippen molar-refractivity contribution in [3.8, 4) is 0 Å². The number of hydrogen-bond acceptors (Lipinski definition) is 5. The summed E-state index contributed by atoms with van der Waals surface area (Å²) in [5.74, 6) is -2.20. The van der Waals surface area contributed by atoms with Gasteiger partial charge in [-0.05, 0) is 0 Å². The molecule has 0 fully saturated rings. The first kappa shape index (κ1) is 12.7. The van der Waals surface area contributed by atoms with Crippen LogP contribution in [0.25, 0.3) is 10.8 Å². The molecule has 2 aromatic rings. The Morgan fingerprint density at radius 2 is 2.00 bits per heavy atom. The van der Waals surface area contributed by atoms with Crippen LogP contribution in [0.1, 0.15) is 6.42 Å². The highest BCUT2D eigenvalue weighted by molar-refractivity contribution is 5.93. The molecule has 98 valence electrons. The summed E-state index contributed by atoms with van der Waals surface area (Å²) in [4.78, 5) is 21.6. The lowest BCUT2D eigenvalue weighted by molar-refractivity contribution is -0.144. The SMILES string of the molecule is O=C(O)CC(Nc1nncc2ccccc12)C(=O)O. The zero-order valence-electron chi connectivity index (χ0n) is 9.78. The largest absolute Gasteiger partial charge is 0.481 e. The molecule has 0 saturated carbocycles. The third-order valence-corrected chi connectivity index (χ3v) is 2.56. The van der Waals surface area contributed by atoms with Crippen molar-refractivity contribution in [3.63, 3.8) is 0 Å². The van der Waals surface area contributed by atoms with E-state index in [9.17, 15) is 9.59 Å². The van der Waals surface area contributed by atoms with E-state index in [0.29, 0.717) is 5.39 Å². The second-order valence-corrected chi connectivity index (χ2v) is 3.91. The molecule has 2 rings (SSSR count). The fourth-order valence-electron chi connectivity index (χ4n) is 1.67. The summed E-state index contributed by atoms with van der Waals surface area (Å²) >= 11 is 0. The van der Waals surface area contributed by atoms with Crippen LogP contribution in [0.5, 0.6) is 0 Å². The van der Waals surface area contributed by atoms with Crippen LogP contribution < -0.4 is 5.32 Å². The molecule has 1 aromatic carbocycles. The number of carboxylic acid groups (broad SMARTS) is 2. The van der Waals surface area contributed by atoms with Crippen LogP contribution in [0.2, 0.25) is 0 Å². The molecule has 3 N–H and O–H groups in total. The molecule has 0 amide bonds. The zero-order chi connectivity index (χ0) is 13.8. The van der Waals surface area contributed by atoms with E-state index in [1.807, 2.05) is 12.1 Å². The fraction of sp³-hybridized carbons (Fsp3) is 0.167. The lowest BCUT2D eigenvalue weighted by Gasteiger charge is -2.13. The van der Waals surface area contributed by atoms with E-state index in [1.165, 1.54) is 0 Å². The molecule has 1 atom stereocenters. The van der Waals surface area contributed by atoms with E-state index >= 15 is 0 Å². The van der Waals surface area contributed by atoms with Crippen LogP contribution in [-0.4, -0.2) is 38.4 Å². The summed E-state index contributed by atoms with van der Waals surface area (Å²) < 4.78 is 0. The average Bonchev–Trinajstić information content (AvgIpc) is 2.37. The predicted molar refractivity (Wildman–Crippen MR) is 66.8 cm³/mol. The molecule has 7 nitrogen and oxygen atoms in total. The van der Waals surface area contributed by atoms with Crippen LogP contribution in [0, 0.1) is 0 Å². The maximum Gasteiger partial charge on any atom is 0.326 e. The van der Waals surface area contributed by atoms with Gasteiger partial charge >= 0.3 is 11.9 Å². The number of rotatable bonds is 5. The first-order chi connectivity index (χ1) is 9.08. The van der Waals surface area contributed by atoms with Crippen molar-refractivity contribution in [2.75, 3.05) is 5.32 Å². The highest BCUT2D eigenvalue weighted by Gasteiger charge is 2.22. The molecule has 1 unspecified atom stereocenters. The molecule has 0 bridgehead atoms. The lowest BCUT2D eigenvalue weighted by atomic mass is 10.1. The summed E-state index contributed by atoms with van der Waals surface area (Å²) in [5.41, 5.74) is 0. The molecule has 0 aliphatic carbocycles. The van der Waals surface area contributed by atoms with E-state index in [4.69, 9.17) is 10.2 Å². The molecule has 0 aliphatic rings. The maximum atomic E-state index is 11.0. The Bertz CT molecular complexity index is 624. The van der Waals surface area contributed by atoms with E-state index in [1.54, 1.807) is 18.3 Å². The number of fused-ring (bicyclic) bond motifs is 1. The molecule has 0 spiro atoms. The standard InChI is InChI=1S/C12H11N3O4/c16-10(17)5-9(12(18)19)14-11-8-4-2-1-3-7(8)6-13-15-11/h1-4,6,9H,5H2,(H,14,15)(H,16,17)(H,18,19). The molecule has 7 heteroatoms. The topological polar surface area (TPSA) is 112 Å². The monoisotopic (exact) mass is 261 g/mol. The molecule has 1 aromatic heterocycles. The van der Waals surface area contributed by atoms with Crippen LogP contribution >= 0.6 is 0 Å². The molecule has 0 aliphatic heterocycles. The summed E-state index contributed by atoms with van der Waals surface area (Å²) in [6, 6.07) is 5.91. The Balaban J connectivity index is 2.33. The van der Waals surface area contributed by atoms with Gasteiger partial charge < -0.3 is 15.5 Å². The van der Waals surface area contributed by atoms with Crippen molar-refractivity contribution >= 4 is 28.5 Å². The van der Waals surface area contributed by atoms with Crippen LogP contribution in [0.15, 0.2) is 30.5 Å². The zero-order valence-corrected chi connectivity index (χ0v) is 9.78. The van der Waals surface area contributed by atoms with E-state index in [-0.39, 0.29) is 5.82 Å². The third-order valence-electron chi connectivity index (χ3n) is 2.56. The Hall–Kier alpha value is -2.70. The lowest BCUT2D eigenvalue weighted by Crippen LogP contribution is -2.32. The first-order valence-corrected chi connectivity index (χ1v) is 5.49. The Morgan fingerprint density at radius 3 is 2.68 bits per heavy atom. The van der Waals surface area contributed by atoms with Gasteiger partial charge in [0, 0.05) is 10.8 Å². The van der Waals surface area contributed by atoms with E-state index < -0.39 is 24.4 Å². The van der Waals surface area contributed by atoms with Gasteiger partial charge in [-0.1, -0.05) is 24.3 Å². The number of hydrogen-bond donors (Lipinski definition) is 3. The van der Waals surface area contributed by atoms with E-state index in [0.717, 1.165) is 5.39 Å². The minimum absolute atomic E-state index is 0.256. The number of aliphatic carboxylic acids is 2. The molecular weight excluding hydrogens is 250 g/mol. The van der Waals surface area contributed by atoms with Crippen molar-refractivity contribution < 1.29 is 19.8 Å². The molecule has 0 saturated heterocycles. The van der Waals surface area contributed by atoms with Crippen LogP contribution in [0.3, 0.4) is 0 Å². The summed E-state index contributed by atoms with van der Waals surface area (Å²) in [6.45, 7) is 0. The van der Waals surface area contributed by atoms with Gasteiger partial charge in [0.15, 0.2) is 5.82 Å². The first-order valence-electron chi connectivity index (χ1n) is 5.49. The van der Waals surface area contributed by atoms with Crippen LogP contribution in [0.4, 0.5) is 5.82 Å². The Kier molecular flexibility index (Phi) is 3.56. The number of anilines is 1. The molecule has 19 heavy (non-hydrogen) atoms. The van der Waals surface area contributed by atoms with Gasteiger partial charge in [0.2, 0.25) is 0 Å². The number of nitrogens with zero attached hydrogens (tertiary/aromatic N) is 2. The number of benzene rings is 1. The molecule has 0 radical (unpaired) electrons. The smallest absolute Gasteiger partial charge is 0.326 e. The average molecular weight is 261 g/mol. The minimum Gasteiger partial charge on any atom is -0.481 e. The van der Waals surface area contributed by atoms with Gasteiger partial charge in [0.25, 0.3) is 0 Å². The van der Waals surface area contributed by atoms with Crippen molar-refractivity contribution in [1.82, 2.24) is 10.2 Å². The third kappa shape index (κ3) is 2.95. The van der Waals surface area contributed by atoms with Gasteiger partial charge in [-0.25, -0.2) is 4.79 Å². The predicted octanol–water partition coefficient (Wildman–Crippen LogP) is 0.970.